The average Bonchev–Trinajstić information content (AvgIpc) is 3.65. The highest BCUT2D eigenvalue weighted by Crippen LogP contribution is 2.36. The van der Waals surface area contributed by atoms with Crippen molar-refractivity contribution in [3.8, 4) is 0 Å². The van der Waals surface area contributed by atoms with Gasteiger partial charge in [-0.1, -0.05) is 17.8 Å². The fourth-order valence-electron chi connectivity index (χ4n) is 5.49. The quantitative estimate of drug-likeness (QED) is 0.259. The molecule has 2 aliphatic rings. The van der Waals surface area contributed by atoms with Gasteiger partial charge >= 0.3 is 0 Å². The van der Waals surface area contributed by atoms with Crippen molar-refractivity contribution in [1.29, 1.82) is 0 Å². The van der Waals surface area contributed by atoms with Gasteiger partial charge in [-0.15, -0.1) is 0 Å². The number of nitrogens with one attached hydrogen (secondary N) is 1. The molecule has 0 spiro atoms. The standard InChI is InChI=1S/C32H34FN5O2S/c1-34-32(39)27-18-23(33)8-14-30(27)41-25-11-12-26-28(36-38(29(26)19-25)31-6-2-5-17-40-31)13-10-24-9-7-22(20-35-24)21-37-15-3-4-16-37/h7-14,18-20,31H,2-6,15-17,21H2,1H3,(H,34,39)/b13-10+. The summed E-state index contributed by atoms with van der Waals surface area (Å²) < 4.78 is 22.0. The van der Waals surface area contributed by atoms with Gasteiger partial charge in [0, 0.05) is 41.6 Å². The zero-order chi connectivity index (χ0) is 28.2. The van der Waals surface area contributed by atoms with Crippen molar-refractivity contribution in [1.82, 2.24) is 25.0 Å². The lowest BCUT2D eigenvalue weighted by Crippen LogP contribution is -2.19. The summed E-state index contributed by atoms with van der Waals surface area (Å²) in [6.45, 7) is 4.00. The summed E-state index contributed by atoms with van der Waals surface area (Å²) in [5, 5.41) is 8.59. The van der Waals surface area contributed by atoms with Crippen LogP contribution in [0, 0.1) is 5.82 Å². The van der Waals surface area contributed by atoms with Gasteiger partial charge in [0.15, 0.2) is 6.23 Å². The Morgan fingerprint density at radius 3 is 2.73 bits per heavy atom. The highest BCUT2D eigenvalue weighted by Gasteiger charge is 2.21. The second kappa shape index (κ2) is 12.5. The van der Waals surface area contributed by atoms with Crippen LogP contribution >= 0.6 is 11.8 Å². The van der Waals surface area contributed by atoms with Crippen molar-refractivity contribution in [3.63, 3.8) is 0 Å². The van der Waals surface area contributed by atoms with Gasteiger partial charge in [0.05, 0.1) is 22.5 Å². The number of likely N-dealkylation sites (tertiary alicyclic amines) is 1. The van der Waals surface area contributed by atoms with Crippen LogP contribution in [0.1, 0.15) is 65.6 Å². The summed E-state index contributed by atoms with van der Waals surface area (Å²) in [4.78, 5) is 21.2. The molecule has 0 bridgehead atoms. The number of aromatic nitrogens is 3. The van der Waals surface area contributed by atoms with Crippen LogP contribution in [-0.4, -0.2) is 52.3 Å². The van der Waals surface area contributed by atoms with Crippen LogP contribution in [0.4, 0.5) is 4.39 Å². The molecule has 2 aliphatic heterocycles. The first-order valence-electron chi connectivity index (χ1n) is 14.3. The molecule has 1 N–H and O–H groups in total. The molecule has 6 rings (SSSR count). The number of halogens is 1. The Balaban J connectivity index is 1.29. The lowest BCUT2D eigenvalue weighted by Gasteiger charge is -2.23. The van der Waals surface area contributed by atoms with Crippen molar-refractivity contribution < 1.29 is 13.9 Å². The van der Waals surface area contributed by atoms with Gasteiger partial charge in [0.1, 0.15) is 5.82 Å². The van der Waals surface area contributed by atoms with E-state index in [0.717, 1.165) is 53.0 Å². The van der Waals surface area contributed by atoms with Gasteiger partial charge in [0.2, 0.25) is 0 Å². The molecule has 7 nitrogen and oxygen atoms in total. The van der Waals surface area contributed by atoms with E-state index in [4.69, 9.17) is 9.84 Å². The second-order valence-electron chi connectivity index (χ2n) is 10.6. The fourth-order valence-corrected chi connectivity index (χ4v) is 6.44. The predicted octanol–water partition coefficient (Wildman–Crippen LogP) is 6.55. The SMILES string of the molecule is CNC(=O)c1cc(F)ccc1Sc1ccc2c(/C=C/c3ccc(CN4CCCC4)cn3)nn(C3CCCCO3)c2c1. The number of fused-ring (bicyclic) bond motifs is 1. The Kier molecular flexibility index (Phi) is 8.46. The number of benzene rings is 2. The summed E-state index contributed by atoms with van der Waals surface area (Å²) in [6, 6.07) is 14.7. The molecule has 0 saturated carbocycles. The maximum atomic E-state index is 13.9. The van der Waals surface area contributed by atoms with Gasteiger partial charge in [-0.25, -0.2) is 9.07 Å². The van der Waals surface area contributed by atoms with Crippen LogP contribution in [0.3, 0.4) is 0 Å². The van der Waals surface area contributed by atoms with Gasteiger partial charge < -0.3 is 10.1 Å². The molecule has 1 amide bonds. The maximum absolute atomic E-state index is 13.9. The van der Waals surface area contributed by atoms with Gasteiger partial charge in [-0.3, -0.25) is 14.7 Å². The average molecular weight is 572 g/mol. The largest absolute Gasteiger partial charge is 0.356 e. The first kappa shape index (κ1) is 27.6. The second-order valence-corrected chi connectivity index (χ2v) is 11.7. The zero-order valence-electron chi connectivity index (χ0n) is 23.2. The van der Waals surface area contributed by atoms with Gasteiger partial charge in [0.25, 0.3) is 5.91 Å². The molecule has 0 radical (unpaired) electrons. The van der Waals surface area contributed by atoms with Crippen LogP contribution in [0.15, 0.2) is 64.5 Å². The highest BCUT2D eigenvalue weighted by atomic mass is 32.2. The summed E-state index contributed by atoms with van der Waals surface area (Å²) in [5.74, 6) is -0.762. The maximum Gasteiger partial charge on any atom is 0.252 e. The smallest absolute Gasteiger partial charge is 0.252 e. The van der Waals surface area contributed by atoms with E-state index >= 15 is 0 Å². The molecule has 0 aliphatic carbocycles. The molecule has 212 valence electrons. The summed E-state index contributed by atoms with van der Waals surface area (Å²) in [7, 11) is 1.55. The molecule has 2 aromatic carbocycles. The third-order valence-corrected chi connectivity index (χ3v) is 8.71. The number of pyridine rings is 1. The van der Waals surface area contributed by atoms with Crippen LogP contribution in [0.5, 0.6) is 0 Å². The van der Waals surface area contributed by atoms with E-state index in [0.29, 0.717) is 17.1 Å². The Bertz CT molecular complexity index is 1560. The van der Waals surface area contributed by atoms with E-state index in [2.05, 4.69) is 39.5 Å². The van der Waals surface area contributed by atoms with E-state index < -0.39 is 5.82 Å². The number of carbonyl (C=O) groups excluding carboxylic acids is 1. The number of ether oxygens (including phenoxy) is 1. The molecule has 4 heterocycles. The van der Waals surface area contributed by atoms with Crippen LogP contribution < -0.4 is 5.32 Å². The van der Waals surface area contributed by atoms with Crippen LogP contribution in [-0.2, 0) is 11.3 Å². The minimum absolute atomic E-state index is 0.135. The Labute approximate surface area is 243 Å². The first-order valence-corrected chi connectivity index (χ1v) is 15.1. The van der Waals surface area contributed by atoms with Crippen LogP contribution in [0.25, 0.3) is 23.1 Å². The summed E-state index contributed by atoms with van der Waals surface area (Å²) >= 11 is 1.43. The molecule has 2 saturated heterocycles. The number of rotatable bonds is 8. The normalized spacial score (nSPS) is 18.0. The summed E-state index contributed by atoms with van der Waals surface area (Å²) in [5.41, 5.74) is 4.24. The highest BCUT2D eigenvalue weighted by molar-refractivity contribution is 7.99. The first-order chi connectivity index (χ1) is 20.1. The third-order valence-electron chi connectivity index (χ3n) is 7.64. The zero-order valence-corrected chi connectivity index (χ0v) is 24.0. The lowest BCUT2D eigenvalue weighted by atomic mass is 10.1. The van der Waals surface area contributed by atoms with Crippen molar-refractivity contribution in [2.75, 3.05) is 26.7 Å². The van der Waals surface area contributed by atoms with E-state index in [1.165, 1.54) is 55.4 Å². The number of carbonyl (C=O) groups is 1. The molecule has 4 aromatic rings. The molecule has 2 fully saturated rings. The molecule has 1 atom stereocenters. The number of amides is 1. The Hall–Kier alpha value is -3.53. The van der Waals surface area contributed by atoms with E-state index in [9.17, 15) is 9.18 Å². The molecule has 2 aromatic heterocycles. The van der Waals surface area contributed by atoms with Crippen molar-refractivity contribution in [2.24, 2.45) is 0 Å². The van der Waals surface area contributed by atoms with Crippen LogP contribution in [0.2, 0.25) is 0 Å². The van der Waals surface area contributed by atoms with Crippen molar-refractivity contribution in [3.05, 3.63) is 83.1 Å². The monoisotopic (exact) mass is 571 g/mol. The number of nitrogens with zero attached hydrogens (tertiary/aromatic N) is 4. The van der Waals surface area contributed by atoms with Crippen molar-refractivity contribution >= 4 is 40.7 Å². The van der Waals surface area contributed by atoms with Crippen molar-refractivity contribution in [2.45, 2.75) is 54.7 Å². The van der Waals surface area contributed by atoms with E-state index in [1.807, 2.05) is 29.1 Å². The minimum atomic E-state index is -0.442. The molecular formula is C32H34FN5O2S. The Morgan fingerprint density at radius 2 is 1.98 bits per heavy atom. The third kappa shape index (κ3) is 6.37. The minimum Gasteiger partial charge on any atom is -0.356 e. The molecule has 41 heavy (non-hydrogen) atoms. The Morgan fingerprint density at radius 1 is 1.10 bits per heavy atom. The van der Waals surface area contributed by atoms with E-state index in [1.54, 1.807) is 13.1 Å². The molecular weight excluding hydrogens is 537 g/mol. The molecule has 9 heteroatoms. The fraction of sp³-hybridized carbons (Fsp3) is 0.344. The number of hydrogen-bond donors (Lipinski definition) is 1. The van der Waals surface area contributed by atoms with E-state index in [-0.39, 0.29) is 12.1 Å². The summed E-state index contributed by atoms with van der Waals surface area (Å²) in [6.07, 6.45) is 11.5. The van der Waals surface area contributed by atoms with Gasteiger partial charge in [-0.2, -0.15) is 5.10 Å². The molecule has 1 unspecified atom stereocenters. The number of hydrogen-bond acceptors (Lipinski definition) is 6. The lowest BCUT2D eigenvalue weighted by molar-refractivity contribution is -0.0367. The topological polar surface area (TPSA) is 72.3 Å². The predicted molar refractivity (Wildman–Crippen MR) is 160 cm³/mol. The van der Waals surface area contributed by atoms with Gasteiger partial charge in [-0.05, 0) is 105 Å².